The molecule has 0 saturated carbocycles. The number of hydrogen-bond donors (Lipinski definition) is 0. The molecule has 0 unspecified atom stereocenters. The minimum absolute atomic E-state index is 0.0711. The molecule has 0 aromatic carbocycles. The van der Waals surface area contributed by atoms with Gasteiger partial charge in [0, 0.05) is 0 Å². The molecule has 4 nitrogen and oxygen atoms in total. The average Bonchev–Trinajstić information content (AvgIpc) is 2.30. The van der Waals surface area contributed by atoms with Gasteiger partial charge < -0.3 is 9.47 Å². The second kappa shape index (κ2) is 4.29. The maximum Gasteiger partial charge on any atom is 0.323 e. The fourth-order valence-corrected chi connectivity index (χ4v) is 1.64. The highest BCUT2D eigenvalue weighted by molar-refractivity contribution is 6.00. The predicted molar refractivity (Wildman–Crippen MR) is 54.0 cm³/mol. The molecule has 0 amide bonds. The molecule has 0 aromatic rings. The van der Waals surface area contributed by atoms with E-state index in [-0.39, 0.29) is 18.9 Å². The van der Waals surface area contributed by atoms with Crippen LogP contribution in [0.2, 0.25) is 0 Å². The summed E-state index contributed by atoms with van der Waals surface area (Å²) in [6.45, 7) is 3.65. The minimum atomic E-state index is -1.37. The van der Waals surface area contributed by atoms with E-state index in [4.69, 9.17) is 1.37 Å². The SMILES string of the molecule is [2H]C1=CCC(C(=O)OC)(C(=O)OC)CC1=C. The van der Waals surface area contributed by atoms with Crippen LogP contribution in [0.4, 0.5) is 0 Å². The van der Waals surface area contributed by atoms with E-state index in [2.05, 4.69) is 16.1 Å². The van der Waals surface area contributed by atoms with Crippen molar-refractivity contribution in [3.63, 3.8) is 0 Å². The van der Waals surface area contributed by atoms with Crippen LogP contribution >= 0.6 is 0 Å². The third-order valence-electron chi connectivity index (χ3n) is 2.42. The van der Waals surface area contributed by atoms with Crippen molar-refractivity contribution in [3.05, 3.63) is 24.3 Å². The molecule has 0 aromatic heterocycles. The summed E-state index contributed by atoms with van der Waals surface area (Å²) in [5.41, 5.74) is -0.937. The van der Waals surface area contributed by atoms with Gasteiger partial charge in [0.1, 0.15) is 0 Å². The third-order valence-corrected chi connectivity index (χ3v) is 2.42. The van der Waals surface area contributed by atoms with Gasteiger partial charge in [-0.3, -0.25) is 9.59 Å². The van der Waals surface area contributed by atoms with Gasteiger partial charge in [-0.25, -0.2) is 0 Å². The monoisotopic (exact) mass is 211 g/mol. The van der Waals surface area contributed by atoms with Crippen LogP contribution in [-0.2, 0) is 19.1 Å². The molecule has 0 bridgehead atoms. The number of ether oxygens (including phenoxy) is 2. The second-order valence-corrected chi connectivity index (χ2v) is 3.40. The Morgan fingerprint density at radius 2 is 2.00 bits per heavy atom. The highest BCUT2D eigenvalue weighted by Gasteiger charge is 2.48. The average molecular weight is 211 g/mol. The van der Waals surface area contributed by atoms with Crippen molar-refractivity contribution < 1.29 is 20.4 Å². The summed E-state index contributed by atoms with van der Waals surface area (Å²) >= 11 is 0. The largest absolute Gasteiger partial charge is 0.468 e. The first-order valence-electron chi connectivity index (χ1n) is 4.99. The molecule has 0 fully saturated rings. The summed E-state index contributed by atoms with van der Waals surface area (Å²) in [6.07, 6.45) is 1.67. The van der Waals surface area contributed by atoms with Crippen LogP contribution in [0.25, 0.3) is 0 Å². The molecule has 1 rings (SSSR count). The highest BCUT2D eigenvalue weighted by atomic mass is 16.5. The van der Waals surface area contributed by atoms with Crippen molar-refractivity contribution >= 4 is 11.9 Å². The van der Waals surface area contributed by atoms with Crippen LogP contribution in [0, 0.1) is 5.41 Å². The second-order valence-electron chi connectivity index (χ2n) is 3.40. The van der Waals surface area contributed by atoms with Gasteiger partial charge in [0.2, 0.25) is 0 Å². The van der Waals surface area contributed by atoms with Crippen molar-refractivity contribution in [1.29, 1.82) is 0 Å². The molecule has 0 spiro atoms. The Morgan fingerprint density at radius 1 is 1.47 bits per heavy atom. The van der Waals surface area contributed by atoms with Gasteiger partial charge >= 0.3 is 11.9 Å². The summed E-state index contributed by atoms with van der Waals surface area (Å²) < 4.78 is 16.8. The van der Waals surface area contributed by atoms with E-state index in [9.17, 15) is 9.59 Å². The summed E-state index contributed by atoms with van der Waals surface area (Å²) in [5, 5.41) is 0. The molecule has 1 aliphatic rings. The Labute approximate surface area is 90.0 Å². The zero-order valence-electron chi connectivity index (χ0n) is 9.83. The van der Waals surface area contributed by atoms with Crippen molar-refractivity contribution in [3.8, 4) is 0 Å². The summed E-state index contributed by atoms with van der Waals surface area (Å²) in [4.78, 5) is 23.4. The van der Waals surface area contributed by atoms with E-state index < -0.39 is 17.4 Å². The van der Waals surface area contributed by atoms with Crippen LogP contribution in [0.3, 0.4) is 0 Å². The first kappa shape index (κ1) is 9.96. The summed E-state index contributed by atoms with van der Waals surface area (Å²) in [7, 11) is 2.44. The predicted octanol–water partition coefficient (Wildman–Crippen LogP) is 1.22. The first-order valence-corrected chi connectivity index (χ1v) is 4.49. The third kappa shape index (κ3) is 1.93. The van der Waals surface area contributed by atoms with Crippen LogP contribution in [0.1, 0.15) is 14.2 Å². The van der Waals surface area contributed by atoms with Crippen molar-refractivity contribution in [2.75, 3.05) is 14.2 Å². The lowest BCUT2D eigenvalue weighted by atomic mass is 9.75. The Hall–Kier alpha value is -1.58. The standard InChI is InChI=1S/C11H14O4/c1-8-5-4-6-11(7-8,9(12)14-2)10(13)15-3/h4-5H,1,6-7H2,2-3H3/i5D. The molecule has 0 atom stereocenters. The molecule has 0 N–H and O–H groups in total. The number of esters is 2. The normalized spacial score (nSPS) is 20.0. The van der Waals surface area contributed by atoms with E-state index in [1.54, 1.807) is 0 Å². The van der Waals surface area contributed by atoms with Crippen LogP contribution in [0.15, 0.2) is 24.3 Å². The molecular weight excluding hydrogens is 196 g/mol. The van der Waals surface area contributed by atoms with E-state index >= 15 is 0 Å². The number of rotatable bonds is 2. The zero-order valence-corrected chi connectivity index (χ0v) is 8.83. The van der Waals surface area contributed by atoms with E-state index in [1.165, 1.54) is 20.3 Å². The maximum atomic E-state index is 11.7. The fraction of sp³-hybridized carbons (Fsp3) is 0.455. The molecular formula is C11H14O4. The van der Waals surface area contributed by atoms with Gasteiger partial charge in [-0.05, 0) is 12.8 Å². The molecule has 4 heteroatoms. The molecule has 82 valence electrons. The first-order chi connectivity index (χ1) is 7.47. The molecule has 0 radical (unpaired) electrons. The molecule has 0 aliphatic heterocycles. The van der Waals surface area contributed by atoms with Crippen molar-refractivity contribution in [2.24, 2.45) is 5.41 Å². The summed E-state index contributed by atoms with van der Waals surface area (Å²) in [6, 6.07) is 0.253. The number of allylic oxidation sites excluding steroid dienone is 3. The number of carbonyl (C=O) groups excluding carboxylic acids is 2. The van der Waals surface area contributed by atoms with Gasteiger partial charge in [-0.2, -0.15) is 0 Å². The Bertz CT molecular complexity index is 354. The highest BCUT2D eigenvalue weighted by Crippen LogP contribution is 2.37. The lowest BCUT2D eigenvalue weighted by molar-refractivity contribution is -0.169. The Kier molecular flexibility index (Phi) is 2.85. The quantitative estimate of drug-likeness (QED) is 0.509. The van der Waals surface area contributed by atoms with Gasteiger partial charge in [0.15, 0.2) is 5.41 Å². The molecule has 1 aliphatic carbocycles. The molecule has 0 heterocycles. The number of hydrogen-bond acceptors (Lipinski definition) is 4. The number of methoxy groups -OCH3 is 2. The van der Waals surface area contributed by atoms with E-state index in [0.717, 1.165) is 0 Å². The van der Waals surface area contributed by atoms with Crippen molar-refractivity contribution in [2.45, 2.75) is 12.8 Å². The smallest absolute Gasteiger partial charge is 0.323 e. The van der Waals surface area contributed by atoms with Crippen LogP contribution in [-0.4, -0.2) is 26.2 Å². The van der Waals surface area contributed by atoms with Gasteiger partial charge in [-0.1, -0.05) is 24.3 Å². The van der Waals surface area contributed by atoms with Gasteiger partial charge in [0.05, 0.1) is 15.6 Å². The van der Waals surface area contributed by atoms with E-state index in [1.807, 2.05) is 0 Å². The van der Waals surface area contributed by atoms with Gasteiger partial charge in [0.25, 0.3) is 0 Å². The number of carbonyl (C=O) groups is 2. The van der Waals surface area contributed by atoms with Gasteiger partial charge in [-0.15, -0.1) is 0 Å². The van der Waals surface area contributed by atoms with Crippen LogP contribution < -0.4 is 0 Å². The fourth-order valence-electron chi connectivity index (χ4n) is 1.64. The van der Waals surface area contributed by atoms with Crippen molar-refractivity contribution in [1.82, 2.24) is 0 Å². The lowest BCUT2D eigenvalue weighted by Crippen LogP contribution is -2.42. The minimum Gasteiger partial charge on any atom is -0.468 e. The van der Waals surface area contributed by atoms with E-state index in [0.29, 0.717) is 5.57 Å². The topological polar surface area (TPSA) is 52.6 Å². The Morgan fingerprint density at radius 3 is 2.40 bits per heavy atom. The Balaban J connectivity index is 3.13. The molecule has 15 heavy (non-hydrogen) atoms. The summed E-state index contributed by atoms with van der Waals surface area (Å²) in [5.74, 6) is -1.30. The molecule has 0 saturated heterocycles. The van der Waals surface area contributed by atoms with Crippen LogP contribution in [0.5, 0.6) is 0 Å². The lowest BCUT2D eigenvalue weighted by Gasteiger charge is -2.29. The maximum absolute atomic E-state index is 11.7. The zero-order chi connectivity index (χ0) is 12.3.